The third-order valence-electron chi connectivity index (χ3n) is 10.7. The Balaban J connectivity index is 1.20. The number of benzene rings is 5. The molecule has 0 spiro atoms. The van der Waals surface area contributed by atoms with E-state index in [1.807, 2.05) is 54.6 Å². The van der Waals surface area contributed by atoms with Gasteiger partial charge in [0.15, 0.2) is 0 Å². The molecule has 0 saturated heterocycles. The molecule has 8 bridgehead atoms. The van der Waals surface area contributed by atoms with Gasteiger partial charge in [-0.05, 0) is 107 Å². The number of aliphatic imine (C=N–C) groups is 1. The molecule has 288 valence electrons. The number of terminal acetylenes is 1. The number of hydrogen-bond acceptors (Lipinski definition) is 5. The minimum Gasteiger partial charge on any atom is -0.423 e. The van der Waals surface area contributed by atoms with E-state index >= 15 is 0 Å². The van der Waals surface area contributed by atoms with E-state index in [1.165, 1.54) is 6.21 Å². The Morgan fingerprint density at radius 1 is 0.492 bits per heavy atom. The highest BCUT2D eigenvalue weighted by molar-refractivity contribution is 6.00. The number of aromatic amines is 2. The van der Waals surface area contributed by atoms with Gasteiger partial charge >= 0.3 is 5.97 Å². The summed E-state index contributed by atoms with van der Waals surface area (Å²) in [6.45, 7) is 0. The van der Waals surface area contributed by atoms with Gasteiger partial charge in [0, 0.05) is 44.3 Å². The maximum Gasteiger partial charge on any atom is 0.343 e. The molecule has 0 unspecified atom stereocenters. The third kappa shape index (κ3) is 7.26. The minimum atomic E-state index is -0.479. The number of rotatable bonds is 7. The molecule has 0 saturated carbocycles. The third-order valence-corrected chi connectivity index (χ3v) is 10.7. The second-order valence-corrected chi connectivity index (χ2v) is 14.5. The number of nitrogens with zero attached hydrogens (tertiary/aromatic N) is 3. The quantitative estimate of drug-likeness (QED) is 0.0728. The van der Waals surface area contributed by atoms with E-state index in [4.69, 9.17) is 21.1 Å². The molecule has 61 heavy (non-hydrogen) atoms. The average molecular weight is 786 g/mol. The summed E-state index contributed by atoms with van der Waals surface area (Å²) in [5.74, 6) is 2.30. The van der Waals surface area contributed by atoms with Crippen LogP contribution in [0.1, 0.15) is 33.1 Å². The molecule has 0 aliphatic carbocycles. The standard InChI is InChI=1S/C54H35N5O2/c1-2-34-55-40-22-18-39(19-23-40)54(60)61-41-24-20-38(21-25-41)53-48-32-30-46(58-48)51(36-14-8-4-9-15-36)44-28-26-42(56-44)50(35-12-6-3-7-13-35)43-27-29-45(57-43)52(37-16-10-5-11-17-37)47-31-33-49(53)59-47/h1,3-34,56,59H. The highest BCUT2D eigenvalue weighted by atomic mass is 16.5. The fourth-order valence-corrected chi connectivity index (χ4v) is 7.89. The molecule has 2 aliphatic heterocycles. The summed E-state index contributed by atoms with van der Waals surface area (Å²) in [6, 6.07) is 53.8. The van der Waals surface area contributed by atoms with Gasteiger partial charge in [0.25, 0.3) is 0 Å². The Morgan fingerprint density at radius 2 is 0.869 bits per heavy atom. The fourth-order valence-electron chi connectivity index (χ4n) is 7.89. The van der Waals surface area contributed by atoms with Gasteiger partial charge in [-0.1, -0.05) is 109 Å². The Kier molecular flexibility index (Phi) is 9.62. The molecular formula is C54H35N5O2. The number of ether oxygens (including phenoxy) is 1. The average Bonchev–Trinajstić information content (AvgIpc) is 4.16. The number of aromatic nitrogens is 4. The molecule has 5 aromatic carbocycles. The molecule has 0 atom stereocenters. The number of H-pyrrole nitrogens is 2. The number of fused-ring (bicyclic) bond motifs is 8. The van der Waals surface area contributed by atoms with Crippen molar-refractivity contribution in [2.45, 2.75) is 0 Å². The topological polar surface area (TPSA) is 96.0 Å². The molecule has 3 aromatic heterocycles. The van der Waals surface area contributed by atoms with Crippen molar-refractivity contribution in [3.63, 3.8) is 0 Å². The molecule has 5 heterocycles. The normalized spacial score (nSPS) is 11.8. The lowest BCUT2D eigenvalue weighted by Crippen LogP contribution is -2.08. The first kappa shape index (κ1) is 36.7. The van der Waals surface area contributed by atoms with Crippen LogP contribution in [0.4, 0.5) is 5.69 Å². The molecule has 0 radical (unpaired) electrons. The van der Waals surface area contributed by atoms with Crippen molar-refractivity contribution < 1.29 is 9.53 Å². The predicted octanol–water partition coefficient (Wildman–Crippen LogP) is 12.9. The van der Waals surface area contributed by atoms with Gasteiger partial charge in [0.1, 0.15) is 5.75 Å². The lowest BCUT2D eigenvalue weighted by atomic mass is 10.0. The van der Waals surface area contributed by atoms with Crippen molar-refractivity contribution in [3.05, 3.63) is 192 Å². The maximum absolute atomic E-state index is 13.2. The van der Waals surface area contributed by atoms with Crippen LogP contribution in [0.5, 0.6) is 5.75 Å². The summed E-state index contributed by atoms with van der Waals surface area (Å²) in [6.07, 6.45) is 15.0. The number of hydrogen-bond donors (Lipinski definition) is 2. The first-order valence-electron chi connectivity index (χ1n) is 19.8. The van der Waals surface area contributed by atoms with Crippen molar-refractivity contribution in [3.8, 4) is 62.6 Å². The molecule has 0 amide bonds. The van der Waals surface area contributed by atoms with Gasteiger partial charge in [-0.15, -0.1) is 6.42 Å². The molecule has 2 aliphatic rings. The predicted molar refractivity (Wildman–Crippen MR) is 249 cm³/mol. The van der Waals surface area contributed by atoms with E-state index in [9.17, 15) is 4.79 Å². The van der Waals surface area contributed by atoms with Crippen LogP contribution in [0.25, 0.3) is 90.9 Å². The number of nitrogens with one attached hydrogen (secondary N) is 2. The second-order valence-electron chi connectivity index (χ2n) is 14.5. The molecule has 2 N–H and O–H groups in total. The molecular weight excluding hydrogens is 751 g/mol. The first-order valence-corrected chi connectivity index (χ1v) is 19.8. The Labute approximate surface area is 352 Å². The van der Waals surface area contributed by atoms with Gasteiger partial charge in [0.2, 0.25) is 0 Å². The van der Waals surface area contributed by atoms with E-state index in [2.05, 4.69) is 118 Å². The second kappa shape index (κ2) is 16.0. The van der Waals surface area contributed by atoms with Crippen LogP contribution in [0.15, 0.2) is 169 Å². The van der Waals surface area contributed by atoms with Crippen LogP contribution in [-0.2, 0) is 0 Å². The lowest BCUT2D eigenvalue weighted by molar-refractivity contribution is 0.0735. The van der Waals surface area contributed by atoms with Crippen LogP contribution in [-0.4, -0.2) is 32.1 Å². The van der Waals surface area contributed by atoms with Gasteiger partial charge in [-0.25, -0.2) is 19.8 Å². The van der Waals surface area contributed by atoms with Crippen LogP contribution in [0, 0.1) is 12.3 Å². The number of carbonyl (C=O) groups is 1. The van der Waals surface area contributed by atoms with Crippen LogP contribution < -0.4 is 4.74 Å². The first-order chi connectivity index (χ1) is 30.1. The van der Waals surface area contributed by atoms with E-state index in [1.54, 1.807) is 36.4 Å². The zero-order chi connectivity index (χ0) is 41.1. The molecule has 7 heteroatoms. The van der Waals surface area contributed by atoms with Crippen molar-refractivity contribution >= 4 is 64.2 Å². The number of esters is 1. The minimum absolute atomic E-state index is 0.397. The van der Waals surface area contributed by atoms with Gasteiger partial charge < -0.3 is 14.7 Å². The van der Waals surface area contributed by atoms with Crippen molar-refractivity contribution in [2.75, 3.05) is 0 Å². The SMILES string of the molecule is C#CC=Nc1ccc(C(=O)Oc2ccc(-c3c4nc(c(-c5ccccc5)c5ccc([nH]5)c(-c5ccccc5)c5nc(c(-c6ccccc6)c6ccc3[nH]6)C=C5)C=C4)cc2)cc1. The Hall–Kier alpha value is -8.60. The van der Waals surface area contributed by atoms with E-state index in [-0.39, 0.29) is 0 Å². The highest BCUT2D eigenvalue weighted by Crippen LogP contribution is 2.38. The summed E-state index contributed by atoms with van der Waals surface area (Å²) in [4.78, 5) is 35.6. The van der Waals surface area contributed by atoms with Crippen molar-refractivity contribution in [2.24, 2.45) is 4.99 Å². The van der Waals surface area contributed by atoms with E-state index < -0.39 is 5.97 Å². The number of carbonyl (C=O) groups excluding carboxylic acids is 1. The largest absolute Gasteiger partial charge is 0.423 e. The highest BCUT2D eigenvalue weighted by Gasteiger charge is 2.19. The summed E-state index contributed by atoms with van der Waals surface area (Å²) < 4.78 is 5.81. The van der Waals surface area contributed by atoms with Crippen LogP contribution in [0.3, 0.4) is 0 Å². The Bertz CT molecular complexity index is 3220. The summed E-state index contributed by atoms with van der Waals surface area (Å²) >= 11 is 0. The summed E-state index contributed by atoms with van der Waals surface area (Å²) in [5, 5.41) is 0. The van der Waals surface area contributed by atoms with Gasteiger partial charge in [0.05, 0.1) is 40.2 Å². The van der Waals surface area contributed by atoms with E-state index in [0.717, 1.165) is 89.4 Å². The zero-order valence-corrected chi connectivity index (χ0v) is 32.7. The van der Waals surface area contributed by atoms with Gasteiger partial charge in [-0.2, -0.15) is 0 Å². The van der Waals surface area contributed by atoms with Crippen LogP contribution in [0.2, 0.25) is 0 Å². The van der Waals surface area contributed by atoms with Gasteiger partial charge in [-0.3, -0.25) is 0 Å². The smallest absolute Gasteiger partial charge is 0.343 e. The van der Waals surface area contributed by atoms with Crippen LogP contribution >= 0.6 is 0 Å². The molecule has 0 fully saturated rings. The maximum atomic E-state index is 13.2. The van der Waals surface area contributed by atoms with Crippen molar-refractivity contribution in [1.29, 1.82) is 0 Å². The lowest BCUT2D eigenvalue weighted by Gasteiger charge is -2.08. The molecule has 8 aromatic rings. The Morgan fingerprint density at radius 3 is 1.25 bits per heavy atom. The monoisotopic (exact) mass is 785 g/mol. The fraction of sp³-hybridized carbons (Fsp3) is 0. The molecule has 7 nitrogen and oxygen atoms in total. The molecule has 10 rings (SSSR count). The zero-order valence-electron chi connectivity index (χ0n) is 32.7. The van der Waals surface area contributed by atoms with Crippen molar-refractivity contribution in [1.82, 2.24) is 19.9 Å². The summed E-state index contributed by atoms with van der Waals surface area (Å²) in [5.41, 5.74) is 15.8. The summed E-state index contributed by atoms with van der Waals surface area (Å²) in [7, 11) is 0. The van der Waals surface area contributed by atoms with E-state index in [0.29, 0.717) is 17.0 Å².